The van der Waals surface area contributed by atoms with Crippen molar-refractivity contribution in [1.29, 1.82) is 0 Å². The molecule has 0 spiro atoms. The molecular formula is C17H11Cl2NO3. The number of hydrogen-bond donors (Lipinski definition) is 2. The number of carbonyl (C=O) groups excluding carboxylic acids is 2. The predicted octanol–water partition coefficient (Wildman–Crippen LogP) is 3.70. The zero-order chi connectivity index (χ0) is 16.6. The Kier molecular flexibility index (Phi) is 4.11. The molecule has 1 saturated heterocycles. The zero-order valence-corrected chi connectivity index (χ0v) is 13.2. The van der Waals surface area contributed by atoms with Crippen molar-refractivity contribution in [2.75, 3.05) is 0 Å². The van der Waals surface area contributed by atoms with Crippen molar-refractivity contribution in [1.82, 2.24) is 5.32 Å². The molecule has 116 valence electrons. The average molecular weight is 348 g/mol. The number of ketones is 1. The summed E-state index contributed by atoms with van der Waals surface area (Å²) < 4.78 is 0. The van der Waals surface area contributed by atoms with Gasteiger partial charge in [0.1, 0.15) is 5.76 Å². The first-order valence-electron chi connectivity index (χ1n) is 6.77. The minimum absolute atomic E-state index is 0.0136. The fraction of sp³-hybridized carbons (Fsp3) is 0.0588. The molecule has 3 rings (SSSR count). The van der Waals surface area contributed by atoms with Gasteiger partial charge in [-0.05, 0) is 42.0 Å². The number of hydrogen-bond acceptors (Lipinski definition) is 3. The fourth-order valence-corrected chi connectivity index (χ4v) is 2.69. The Morgan fingerprint density at radius 2 is 1.43 bits per heavy atom. The lowest BCUT2D eigenvalue weighted by atomic mass is 9.96. The Labute approximate surface area is 142 Å². The van der Waals surface area contributed by atoms with Crippen LogP contribution in [0.15, 0.2) is 54.1 Å². The van der Waals surface area contributed by atoms with Gasteiger partial charge in [0.2, 0.25) is 0 Å². The number of amides is 1. The lowest BCUT2D eigenvalue weighted by molar-refractivity contribution is -0.133. The normalized spacial score (nSPS) is 19.7. The number of halogens is 2. The molecule has 1 heterocycles. The number of rotatable bonds is 2. The van der Waals surface area contributed by atoms with Crippen molar-refractivity contribution in [3.8, 4) is 0 Å². The molecule has 1 atom stereocenters. The van der Waals surface area contributed by atoms with Gasteiger partial charge < -0.3 is 10.4 Å². The van der Waals surface area contributed by atoms with Crippen molar-refractivity contribution in [3.63, 3.8) is 0 Å². The van der Waals surface area contributed by atoms with Crippen LogP contribution in [0.5, 0.6) is 0 Å². The first kappa shape index (κ1) is 15.6. The molecule has 6 heteroatoms. The van der Waals surface area contributed by atoms with Gasteiger partial charge in [0.25, 0.3) is 11.7 Å². The van der Waals surface area contributed by atoms with Gasteiger partial charge >= 0.3 is 0 Å². The summed E-state index contributed by atoms with van der Waals surface area (Å²) in [6.45, 7) is 0. The van der Waals surface area contributed by atoms with Gasteiger partial charge in [-0.2, -0.15) is 0 Å². The molecule has 1 amide bonds. The highest BCUT2D eigenvalue weighted by Gasteiger charge is 2.39. The van der Waals surface area contributed by atoms with Gasteiger partial charge in [-0.15, -0.1) is 0 Å². The summed E-state index contributed by atoms with van der Waals surface area (Å²) in [5, 5.41) is 14.1. The van der Waals surface area contributed by atoms with Crippen LogP contribution in [-0.4, -0.2) is 16.8 Å². The van der Waals surface area contributed by atoms with E-state index in [4.69, 9.17) is 23.2 Å². The Balaban J connectivity index is 2.10. The third kappa shape index (κ3) is 2.96. The second kappa shape index (κ2) is 6.07. The van der Waals surface area contributed by atoms with E-state index in [1.165, 1.54) is 0 Å². The first-order valence-corrected chi connectivity index (χ1v) is 7.52. The maximum Gasteiger partial charge on any atom is 0.293 e. The second-order valence-corrected chi connectivity index (χ2v) is 5.93. The summed E-state index contributed by atoms with van der Waals surface area (Å²) >= 11 is 11.7. The quantitative estimate of drug-likeness (QED) is 0.494. The Morgan fingerprint density at radius 3 is 2.00 bits per heavy atom. The van der Waals surface area contributed by atoms with Gasteiger partial charge in [0.15, 0.2) is 0 Å². The van der Waals surface area contributed by atoms with E-state index in [1.807, 2.05) is 0 Å². The third-order valence-electron chi connectivity index (χ3n) is 3.59. The molecule has 1 aliphatic rings. The number of Topliss-reactive ketones (excluding diaryl/α,β-unsaturated/α-hetero) is 1. The van der Waals surface area contributed by atoms with Gasteiger partial charge in [-0.1, -0.05) is 35.3 Å². The molecule has 0 bridgehead atoms. The zero-order valence-electron chi connectivity index (χ0n) is 11.7. The van der Waals surface area contributed by atoms with Crippen molar-refractivity contribution >= 4 is 40.7 Å². The van der Waals surface area contributed by atoms with Gasteiger partial charge in [-0.25, -0.2) is 0 Å². The molecule has 1 aliphatic heterocycles. The summed E-state index contributed by atoms with van der Waals surface area (Å²) in [4.78, 5) is 23.9. The van der Waals surface area contributed by atoms with Crippen LogP contribution >= 0.6 is 23.2 Å². The van der Waals surface area contributed by atoms with Crippen LogP contribution in [0, 0.1) is 0 Å². The maximum absolute atomic E-state index is 12.2. The van der Waals surface area contributed by atoms with E-state index in [0.717, 1.165) is 0 Å². The largest absolute Gasteiger partial charge is 0.507 e. The van der Waals surface area contributed by atoms with Gasteiger partial charge in [-0.3, -0.25) is 9.59 Å². The van der Waals surface area contributed by atoms with E-state index >= 15 is 0 Å². The third-order valence-corrected chi connectivity index (χ3v) is 4.10. The highest BCUT2D eigenvalue weighted by molar-refractivity contribution is 6.46. The molecule has 0 saturated carbocycles. The van der Waals surface area contributed by atoms with Crippen LogP contribution in [0.25, 0.3) is 5.76 Å². The van der Waals surface area contributed by atoms with E-state index < -0.39 is 17.7 Å². The Hall–Kier alpha value is -2.30. The standard InChI is InChI=1S/C17H11Cl2NO3/c18-11-5-1-9(2-6-11)14-13(16(22)17(23)20-14)15(21)10-3-7-12(19)8-4-10/h1-8,14,21H,(H,20,23)/t14-/m1/s1. The number of carbonyl (C=O) groups is 2. The molecular weight excluding hydrogens is 337 g/mol. The first-order chi connectivity index (χ1) is 11.0. The smallest absolute Gasteiger partial charge is 0.293 e. The van der Waals surface area contributed by atoms with Crippen LogP contribution in [0.1, 0.15) is 17.2 Å². The van der Waals surface area contributed by atoms with E-state index in [9.17, 15) is 14.7 Å². The molecule has 0 aliphatic carbocycles. The lowest BCUT2D eigenvalue weighted by Gasteiger charge is -2.13. The summed E-state index contributed by atoms with van der Waals surface area (Å²) in [5.74, 6) is -1.75. The number of benzene rings is 2. The van der Waals surface area contributed by atoms with Gasteiger partial charge in [0, 0.05) is 15.6 Å². The summed E-state index contributed by atoms with van der Waals surface area (Å²) in [5.41, 5.74) is 1.08. The molecule has 4 nitrogen and oxygen atoms in total. The summed E-state index contributed by atoms with van der Waals surface area (Å²) in [6.07, 6.45) is 0. The topological polar surface area (TPSA) is 66.4 Å². The van der Waals surface area contributed by atoms with Crippen molar-refractivity contribution in [2.24, 2.45) is 0 Å². The van der Waals surface area contributed by atoms with Crippen molar-refractivity contribution in [3.05, 3.63) is 75.3 Å². The number of aliphatic hydroxyl groups is 1. The molecule has 0 aromatic heterocycles. The van der Waals surface area contributed by atoms with E-state index in [2.05, 4.69) is 5.32 Å². The fourth-order valence-electron chi connectivity index (χ4n) is 2.43. The molecule has 2 aromatic rings. The Morgan fingerprint density at radius 1 is 0.913 bits per heavy atom. The van der Waals surface area contributed by atoms with E-state index in [-0.39, 0.29) is 11.3 Å². The second-order valence-electron chi connectivity index (χ2n) is 5.06. The van der Waals surface area contributed by atoms with Gasteiger partial charge in [0.05, 0.1) is 11.6 Å². The molecule has 23 heavy (non-hydrogen) atoms. The van der Waals surface area contributed by atoms with Crippen molar-refractivity contribution in [2.45, 2.75) is 6.04 Å². The number of aliphatic hydroxyl groups excluding tert-OH is 1. The SMILES string of the molecule is O=C1N[C@H](c2ccc(Cl)cc2)C(=C(O)c2ccc(Cl)cc2)C1=O. The molecule has 0 radical (unpaired) electrons. The average Bonchev–Trinajstić information content (AvgIpc) is 2.84. The minimum atomic E-state index is -0.752. The molecule has 2 aromatic carbocycles. The molecule has 1 fully saturated rings. The highest BCUT2D eigenvalue weighted by Crippen LogP contribution is 2.33. The summed E-state index contributed by atoms with van der Waals surface area (Å²) in [6, 6.07) is 12.3. The summed E-state index contributed by atoms with van der Waals surface area (Å²) in [7, 11) is 0. The van der Waals surface area contributed by atoms with Crippen LogP contribution < -0.4 is 5.32 Å². The Bertz CT molecular complexity index is 811. The van der Waals surface area contributed by atoms with Crippen LogP contribution in [0.2, 0.25) is 10.0 Å². The van der Waals surface area contributed by atoms with E-state index in [0.29, 0.717) is 21.2 Å². The molecule has 0 unspecified atom stereocenters. The predicted molar refractivity (Wildman–Crippen MR) is 88.3 cm³/mol. The minimum Gasteiger partial charge on any atom is -0.507 e. The van der Waals surface area contributed by atoms with E-state index in [1.54, 1.807) is 48.5 Å². The highest BCUT2D eigenvalue weighted by atomic mass is 35.5. The molecule has 2 N–H and O–H groups in total. The van der Waals surface area contributed by atoms with Crippen LogP contribution in [-0.2, 0) is 9.59 Å². The lowest BCUT2D eigenvalue weighted by Crippen LogP contribution is -2.21. The maximum atomic E-state index is 12.2. The van der Waals surface area contributed by atoms with Crippen LogP contribution in [0.4, 0.5) is 0 Å². The monoisotopic (exact) mass is 347 g/mol. The van der Waals surface area contributed by atoms with Crippen LogP contribution in [0.3, 0.4) is 0 Å². The number of nitrogens with one attached hydrogen (secondary N) is 1. The van der Waals surface area contributed by atoms with Crippen molar-refractivity contribution < 1.29 is 14.7 Å².